The number of aliphatic hydroxyl groups excluding tert-OH is 1. The van der Waals surface area contributed by atoms with Gasteiger partial charge in [-0.3, -0.25) is 0 Å². The number of hydrogen-bond acceptors (Lipinski definition) is 4. The van der Waals surface area contributed by atoms with E-state index in [9.17, 15) is 5.11 Å². The van der Waals surface area contributed by atoms with Gasteiger partial charge in [-0.25, -0.2) is 0 Å². The molecule has 0 saturated heterocycles. The molecule has 4 heteroatoms. The fourth-order valence-corrected chi connectivity index (χ4v) is 1.82. The number of ether oxygens (including phenoxy) is 3. The summed E-state index contributed by atoms with van der Waals surface area (Å²) in [6, 6.07) is 7.71. The minimum Gasteiger partial charge on any atom is -0.497 e. The fourth-order valence-electron chi connectivity index (χ4n) is 1.82. The van der Waals surface area contributed by atoms with Crippen molar-refractivity contribution in [1.82, 2.24) is 0 Å². The van der Waals surface area contributed by atoms with Gasteiger partial charge in [0.1, 0.15) is 18.0 Å². The van der Waals surface area contributed by atoms with Gasteiger partial charge in [0.2, 0.25) is 0 Å². The lowest BCUT2D eigenvalue weighted by Gasteiger charge is -2.26. The van der Waals surface area contributed by atoms with Crippen LogP contribution in [0.3, 0.4) is 0 Å². The normalized spacial score (nSPS) is 23.0. The van der Waals surface area contributed by atoms with E-state index in [1.54, 1.807) is 7.11 Å². The molecular weight excluding hydrogens is 232 g/mol. The summed E-state index contributed by atoms with van der Waals surface area (Å²) in [6.07, 6.45) is 3.39. The molecule has 2 atom stereocenters. The number of aliphatic hydroxyl groups is 1. The molecule has 0 spiro atoms. The summed E-state index contributed by atoms with van der Waals surface area (Å²) < 4.78 is 16.2. The molecule has 0 amide bonds. The zero-order chi connectivity index (χ0) is 12.8. The SMILES string of the molecule is COc1ccc(CO[C@H]2C=CCO[C@@H]2CO)cc1. The van der Waals surface area contributed by atoms with Crippen molar-refractivity contribution in [3.8, 4) is 5.75 Å². The van der Waals surface area contributed by atoms with Gasteiger partial charge in [-0.15, -0.1) is 0 Å². The van der Waals surface area contributed by atoms with Gasteiger partial charge in [0.25, 0.3) is 0 Å². The van der Waals surface area contributed by atoms with E-state index in [2.05, 4.69) is 0 Å². The summed E-state index contributed by atoms with van der Waals surface area (Å²) in [4.78, 5) is 0. The Balaban J connectivity index is 1.89. The minimum atomic E-state index is -0.270. The zero-order valence-electron chi connectivity index (χ0n) is 10.4. The Bertz CT molecular complexity index is 385. The molecule has 0 bridgehead atoms. The summed E-state index contributed by atoms with van der Waals surface area (Å²) in [5.74, 6) is 0.827. The Morgan fingerprint density at radius 1 is 1.33 bits per heavy atom. The lowest BCUT2D eigenvalue weighted by molar-refractivity contribution is -0.0789. The van der Waals surface area contributed by atoms with Crippen molar-refractivity contribution in [2.75, 3.05) is 20.3 Å². The van der Waals surface area contributed by atoms with Crippen LogP contribution >= 0.6 is 0 Å². The first-order chi connectivity index (χ1) is 8.83. The second-order valence-electron chi connectivity index (χ2n) is 4.11. The quantitative estimate of drug-likeness (QED) is 0.805. The number of benzene rings is 1. The van der Waals surface area contributed by atoms with Crippen LogP contribution in [0.5, 0.6) is 5.75 Å². The predicted molar refractivity (Wildman–Crippen MR) is 67.5 cm³/mol. The molecule has 2 rings (SSSR count). The van der Waals surface area contributed by atoms with Crippen LogP contribution in [0.1, 0.15) is 5.56 Å². The third-order valence-corrected chi connectivity index (χ3v) is 2.88. The molecule has 0 unspecified atom stereocenters. The van der Waals surface area contributed by atoms with Gasteiger partial charge in [-0.2, -0.15) is 0 Å². The fraction of sp³-hybridized carbons (Fsp3) is 0.429. The van der Waals surface area contributed by atoms with E-state index in [0.29, 0.717) is 13.2 Å². The van der Waals surface area contributed by atoms with Gasteiger partial charge < -0.3 is 19.3 Å². The topological polar surface area (TPSA) is 47.9 Å². The Hall–Kier alpha value is -1.36. The zero-order valence-corrected chi connectivity index (χ0v) is 10.4. The van der Waals surface area contributed by atoms with Crippen molar-refractivity contribution in [3.63, 3.8) is 0 Å². The number of rotatable bonds is 5. The summed E-state index contributed by atoms with van der Waals surface area (Å²) in [5, 5.41) is 9.17. The van der Waals surface area contributed by atoms with Crippen molar-refractivity contribution in [2.45, 2.75) is 18.8 Å². The van der Waals surface area contributed by atoms with Crippen molar-refractivity contribution in [3.05, 3.63) is 42.0 Å². The molecule has 98 valence electrons. The molecule has 0 radical (unpaired) electrons. The largest absolute Gasteiger partial charge is 0.497 e. The Kier molecular flexibility index (Phi) is 4.75. The van der Waals surface area contributed by atoms with E-state index < -0.39 is 0 Å². The molecule has 1 aromatic rings. The molecule has 0 saturated carbocycles. The van der Waals surface area contributed by atoms with E-state index in [1.807, 2.05) is 36.4 Å². The average Bonchev–Trinajstić information content (AvgIpc) is 2.46. The maximum atomic E-state index is 9.17. The van der Waals surface area contributed by atoms with E-state index in [-0.39, 0.29) is 18.8 Å². The molecule has 0 aromatic heterocycles. The third kappa shape index (κ3) is 3.32. The van der Waals surface area contributed by atoms with Crippen molar-refractivity contribution in [1.29, 1.82) is 0 Å². The van der Waals surface area contributed by atoms with Crippen molar-refractivity contribution >= 4 is 0 Å². The first kappa shape index (κ1) is 13.1. The van der Waals surface area contributed by atoms with Gasteiger partial charge in [-0.1, -0.05) is 24.3 Å². The van der Waals surface area contributed by atoms with E-state index in [0.717, 1.165) is 11.3 Å². The molecule has 1 heterocycles. The smallest absolute Gasteiger partial charge is 0.118 e. The van der Waals surface area contributed by atoms with Crippen LogP contribution in [0.15, 0.2) is 36.4 Å². The van der Waals surface area contributed by atoms with Crippen LogP contribution in [-0.4, -0.2) is 37.6 Å². The second-order valence-corrected chi connectivity index (χ2v) is 4.11. The summed E-state index contributed by atoms with van der Waals surface area (Å²) >= 11 is 0. The standard InChI is InChI=1S/C14H18O4/c1-16-12-6-4-11(5-7-12)10-18-13-3-2-8-17-14(13)9-15/h2-7,13-15H,8-10H2,1H3/t13-,14+/m0/s1. The summed E-state index contributed by atoms with van der Waals surface area (Å²) in [7, 11) is 1.64. The van der Waals surface area contributed by atoms with E-state index >= 15 is 0 Å². The highest BCUT2D eigenvalue weighted by Crippen LogP contribution is 2.16. The maximum absolute atomic E-state index is 9.17. The lowest BCUT2D eigenvalue weighted by Crippen LogP contribution is -2.35. The van der Waals surface area contributed by atoms with Crippen LogP contribution in [0, 0.1) is 0 Å². The van der Waals surface area contributed by atoms with E-state index in [1.165, 1.54) is 0 Å². The van der Waals surface area contributed by atoms with Crippen LogP contribution < -0.4 is 4.74 Å². The second kappa shape index (κ2) is 6.54. The van der Waals surface area contributed by atoms with Crippen LogP contribution in [0.25, 0.3) is 0 Å². The van der Waals surface area contributed by atoms with Crippen LogP contribution in [-0.2, 0) is 16.1 Å². The Morgan fingerprint density at radius 3 is 2.78 bits per heavy atom. The molecule has 1 aliphatic heterocycles. The van der Waals surface area contributed by atoms with Gasteiger partial charge >= 0.3 is 0 Å². The first-order valence-electron chi connectivity index (χ1n) is 5.97. The lowest BCUT2D eigenvalue weighted by atomic mass is 10.1. The third-order valence-electron chi connectivity index (χ3n) is 2.88. The molecule has 1 N–H and O–H groups in total. The number of methoxy groups -OCH3 is 1. The van der Waals surface area contributed by atoms with E-state index in [4.69, 9.17) is 14.2 Å². The molecule has 0 fully saturated rings. The van der Waals surface area contributed by atoms with Crippen LogP contribution in [0.2, 0.25) is 0 Å². The minimum absolute atomic E-state index is 0.0301. The van der Waals surface area contributed by atoms with Gasteiger partial charge in [0.05, 0.1) is 26.9 Å². The molecule has 1 aromatic carbocycles. The van der Waals surface area contributed by atoms with Gasteiger partial charge in [0, 0.05) is 0 Å². The Labute approximate surface area is 107 Å². The van der Waals surface area contributed by atoms with Crippen molar-refractivity contribution in [2.24, 2.45) is 0 Å². The van der Waals surface area contributed by atoms with Gasteiger partial charge in [-0.05, 0) is 17.7 Å². The molecule has 18 heavy (non-hydrogen) atoms. The van der Waals surface area contributed by atoms with Crippen LogP contribution in [0.4, 0.5) is 0 Å². The van der Waals surface area contributed by atoms with Crippen molar-refractivity contribution < 1.29 is 19.3 Å². The highest BCUT2D eigenvalue weighted by molar-refractivity contribution is 5.26. The molecule has 4 nitrogen and oxygen atoms in total. The summed E-state index contributed by atoms with van der Waals surface area (Å²) in [5.41, 5.74) is 1.06. The average molecular weight is 250 g/mol. The molecule has 1 aliphatic rings. The summed E-state index contributed by atoms with van der Waals surface area (Å²) in [6.45, 7) is 0.990. The highest BCUT2D eigenvalue weighted by Gasteiger charge is 2.22. The monoisotopic (exact) mass is 250 g/mol. The molecule has 0 aliphatic carbocycles. The number of hydrogen-bond donors (Lipinski definition) is 1. The predicted octanol–water partition coefficient (Wildman–Crippen LogP) is 1.53. The van der Waals surface area contributed by atoms with Gasteiger partial charge in [0.15, 0.2) is 0 Å². The highest BCUT2D eigenvalue weighted by atomic mass is 16.5. The maximum Gasteiger partial charge on any atom is 0.118 e. The first-order valence-corrected chi connectivity index (χ1v) is 5.97. The Morgan fingerprint density at radius 2 is 2.11 bits per heavy atom. The molecular formula is C14H18O4.